The molecule has 0 saturated heterocycles. The Labute approximate surface area is 70.1 Å². The fourth-order valence-electron chi connectivity index (χ4n) is 1.01. The first-order chi connectivity index (χ1) is 5.41. The van der Waals surface area contributed by atoms with Crippen LogP contribution in [0.4, 0.5) is 0 Å². The minimum atomic E-state index is 0.352. The van der Waals surface area contributed by atoms with Crippen molar-refractivity contribution in [1.82, 2.24) is 0 Å². The van der Waals surface area contributed by atoms with Crippen LogP contribution in [0.3, 0.4) is 0 Å². The number of unbranched alkanes of at least 4 members (excludes halogenated alkanes) is 4. The van der Waals surface area contributed by atoms with E-state index in [9.17, 15) is 0 Å². The van der Waals surface area contributed by atoms with E-state index in [4.69, 9.17) is 5.11 Å². The zero-order chi connectivity index (χ0) is 8.36. The lowest BCUT2D eigenvalue weighted by Gasteiger charge is -1.95. The highest BCUT2D eigenvalue weighted by atomic mass is 16.2. The molecular weight excluding hydrogens is 136 g/mol. The van der Waals surface area contributed by atoms with Gasteiger partial charge in [-0.25, -0.2) is 0 Å². The van der Waals surface area contributed by atoms with Crippen LogP contribution in [0.2, 0.25) is 0 Å². The summed E-state index contributed by atoms with van der Waals surface area (Å²) >= 11 is 0. The number of aliphatic hydroxyl groups excluding tert-OH is 1. The zero-order valence-corrected chi connectivity index (χ0v) is 7.55. The summed E-state index contributed by atoms with van der Waals surface area (Å²) in [6, 6.07) is 0. The van der Waals surface area contributed by atoms with Gasteiger partial charge >= 0.3 is 0 Å². The van der Waals surface area contributed by atoms with E-state index in [2.05, 4.69) is 19.1 Å². The third-order valence-corrected chi connectivity index (χ3v) is 1.68. The van der Waals surface area contributed by atoms with E-state index in [0.717, 1.165) is 12.8 Å². The molecule has 0 spiro atoms. The summed E-state index contributed by atoms with van der Waals surface area (Å²) in [6.45, 7) is 2.51. The standard InChI is InChI=1S/C10H20O/c1-2-3-4-5-6-7-8-9-10-11/h3-4,11H,2,5-10H2,1H3/b4-3-. The molecule has 0 unspecified atom stereocenters. The van der Waals surface area contributed by atoms with Crippen molar-refractivity contribution in [3.63, 3.8) is 0 Å². The molecule has 11 heavy (non-hydrogen) atoms. The van der Waals surface area contributed by atoms with Crippen LogP contribution >= 0.6 is 0 Å². The highest BCUT2D eigenvalue weighted by molar-refractivity contribution is 4.79. The summed E-state index contributed by atoms with van der Waals surface area (Å²) in [5.74, 6) is 0. The molecule has 0 saturated carbocycles. The maximum atomic E-state index is 8.49. The minimum Gasteiger partial charge on any atom is -0.396 e. The van der Waals surface area contributed by atoms with Gasteiger partial charge in [0.25, 0.3) is 0 Å². The van der Waals surface area contributed by atoms with Gasteiger partial charge in [0.05, 0.1) is 0 Å². The minimum absolute atomic E-state index is 0.352. The van der Waals surface area contributed by atoms with Gasteiger partial charge in [-0.05, 0) is 25.7 Å². The highest BCUT2D eigenvalue weighted by Gasteiger charge is 1.85. The lowest BCUT2D eigenvalue weighted by Crippen LogP contribution is -1.82. The van der Waals surface area contributed by atoms with Gasteiger partial charge in [0.1, 0.15) is 0 Å². The Kier molecular flexibility index (Phi) is 9.44. The van der Waals surface area contributed by atoms with Gasteiger partial charge in [0.2, 0.25) is 0 Å². The molecule has 0 radical (unpaired) electrons. The summed E-state index contributed by atoms with van der Waals surface area (Å²) < 4.78 is 0. The Morgan fingerprint density at radius 1 is 1.00 bits per heavy atom. The van der Waals surface area contributed by atoms with Crippen LogP contribution in [0, 0.1) is 0 Å². The van der Waals surface area contributed by atoms with Crippen LogP contribution in [0.5, 0.6) is 0 Å². The number of hydrogen-bond donors (Lipinski definition) is 1. The first-order valence-corrected chi connectivity index (χ1v) is 4.67. The quantitative estimate of drug-likeness (QED) is 0.444. The van der Waals surface area contributed by atoms with Gasteiger partial charge in [-0.2, -0.15) is 0 Å². The Hall–Kier alpha value is -0.300. The van der Waals surface area contributed by atoms with Gasteiger partial charge in [-0.15, -0.1) is 0 Å². The van der Waals surface area contributed by atoms with Crippen molar-refractivity contribution in [2.45, 2.75) is 45.4 Å². The van der Waals surface area contributed by atoms with E-state index in [-0.39, 0.29) is 0 Å². The molecule has 0 amide bonds. The van der Waals surface area contributed by atoms with Crippen LogP contribution in [-0.2, 0) is 0 Å². The summed E-state index contributed by atoms with van der Waals surface area (Å²) in [4.78, 5) is 0. The average Bonchev–Trinajstić information content (AvgIpc) is 2.03. The highest BCUT2D eigenvalue weighted by Crippen LogP contribution is 2.03. The molecule has 0 aliphatic carbocycles. The third-order valence-electron chi connectivity index (χ3n) is 1.68. The van der Waals surface area contributed by atoms with E-state index in [1.165, 1.54) is 25.7 Å². The molecule has 1 heteroatoms. The van der Waals surface area contributed by atoms with Crippen LogP contribution in [0.25, 0.3) is 0 Å². The number of allylic oxidation sites excluding steroid dienone is 2. The van der Waals surface area contributed by atoms with Crippen molar-refractivity contribution in [2.75, 3.05) is 6.61 Å². The fraction of sp³-hybridized carbons (Fsp3) is 0.800. The molecule has 0 heterocycles. The van der Waals surface area contributed by atoms with Gasteiger partial charge in [-0.3, -0.25) is 0 Å². The zero-order valence-electron chi connectivity index (χ0n) is 7.55. The number of rotatable bonds is 7. The molecule has 0 rings (SSSR count). The molecular formula is C10H20O. The molecule has 66 valence electrons. The van der Waals surface area contributed by atoms with Crippen LogP contribution in [0.1, 0.15) is 45.4 Å². The molecule has 1 nitrogen and oxygen atoms in total. The van der Waals surface area contributed by atoms with E-state index in [1.807, 2.05) is 0 Å². The maximum absolute atomic E-state index is 8.49. The Morgan fingerprint density at radius 3 is 2.36 bits per heavy atom. The van der Waals surface area contributed by atoms with Crippen molar-refractivity contribution in [3.8, 4) is 0 Å². The summed E-state index contributed by atoms with van der Waals surface area (Å²) in [5.41, 5.74) is 0. The Bertz CT molecular complexity index is 86.9. The summed E-state index contributed by atoms with van der Waals surface area (Å²) in [6.07, 6.45) is 11.5. The smallest absolute Gasteiger partial charge is 0.0431 e. The van der Waals surface area contributed by atoms with Gasteiger partial charge in [-0.1, -0.05) is 31.9 Å². The molecule has 0 bridgehead atoms. The second kappa shape index (κ2) is 9.70. The van der Waals surface area contributed by atoms with Crippen molar-refractivity contribution in [2.24, 2.45) is 0 Å². The van der Waals surface area contributed by atoms with Gasteiger partial charge in [0, 0.05) is 6.61 Å². The monoisotopic (exact) mass is 156 g/mol. The van der Waals surface area contributed by atoms with Crippen molar-refractivity contribution in [1.29, 1.82) is 0 Å². The normalized spacial score (nSPS) is 11.1. The lowest BCUT2D eigenvalue weighted by atomic mass is 10.1. The van der Waals surface area contributed by atoms with Crippen molar-refractivity contribution in [3.05, 3.63) is 12.2 Å². The van der Waals surface area contributed by atoms with Crippen LogP contribution in [0.15, 0.2) is 12.2 Å². The predicted molar refractivity (Wildman–Crippen MR) is 49.6 cm³/mol. The lowest BCUT2D eigenvalue weighted by molar-refractivity contribution is 0.282. The maximum Gasteiger partial charge on any atom is 0.0431 e. The SMILES string of the molecule is CC/C=C\CCCCCCO. The number of aliphatic hydroxyl groups is 1. The van der Waals surface area contributed by atoms with Crippen molar-refractivity contribution < 1.29 is 5.11 Å². The predicted octanol–water partition coefficient (Wildman–Crippen LogP) is 2.90. The summed E-state index contributed by atoms with van der Waals surface area (Å²) in [5, 5.41) is 8.49. The van der Waals surface area contributed by atoms with E-state index in [1.54, 1.807) is 0 Å². The van der Waals surface area contributed by atoms with E-state index < -0.39 is 0 Å². The van der Waals surface area contributed by atoms with Crippen LogP contribution in [-0.4, -0.2) is 11.7 Å². The Balaban J connectivity index is 2.85. The number of hydrogen-bond acceptors (Lipinski definition) is 1. The second-order valence-electron chi connectivity index (χ2n) is 2.81. The Morgan fingerprint density at radius 2 is 1.73 bits per heavy atom. The molecule has 0 aliphatic rings. The molecule has 0 aliphatic heterocycles. The molecule has 1 N–H and O–H groups in total. The topological polar surface area (TPSA) is 20.2 Å². The molecule has 0 aromatic heterocycles. The van der Waals surface area contributed by atoms with E-state index in [0.29, 0.717) is 6.61 Å². The summed E-state index contributed by atoms with van der Waals surface area (Å²) in [7, 11) is 0. The van der Waals surface area contributed by atoms with Crippen LogP contribution < -0.4 is 0 Å². The molecule has 0 atom stereocenters. The first kappa shape index (κ1) is 10.7. The van der Waals surface area contributed by atoms with Gasteiger partial charge in [0.15, 0.2) is 0 Å². The third kappa shape index (κ3) is 9.70. The van der Waals surface area contributed by atoms with Crippen molar-refractivity contribution >= 4 is 0 Å². The molecule has 0 aromatic carbocycles. The molecule has 0 aromatic rings. The average molecular weight is 156 g/mol. The fourth-order valence-corrected chi connectivity index (χ4v) is 1.01. The van der Waals surface area contributed by atoms with E-state index >= 15 is 0 Å². The largest absolute Gasteiger partial charge is 0.396 e. The molecule has 0 fully saturated rings. The first-order valence-electron chi connectivity index (χ1n) is 4.67. The van der Waals surface area contributed by atoms with Gasteiger partial charge < -0.3 is 5.11 Å². The second-order valence-corrected chi connectivity index (χ2v) is 2.81.